The van der Waals surface area contributed by atoms with Gasteiger partial charge in [0.1, 0.15) is 0 Å². The van der Waals surface area contributed by atoms with E-state index in [2.05, 4.69) is 35.4 Å². The summed E-state index contributed by atoms with van der Waals surface area (Å²) in [5.41, 5.74) is 4.17. The SMILES string of the molecule is CCS(=O)(=O)c1ccc2c(c1)C(C#CCNC)c1ccccc1C=C2. The van der Waals surface area contributed by atoms with E-state index in [0.717, 1.165) is 22.3 Å². The van der Waals surface area contributed by atoms with E-state index in [4.69, 9.17) is 0 Å². The molecule has 0 radical (unpaired) electrons. The molecule has 25 heavy (non-hydrogen) atoms. The number of sulfone groups is 1. The van der Waals surface area contributed by atoms with Crippen LogP contribution in [-0.4, -0.2) is 27.8 Å². The van der Waals surface area contributed by atoms with Crippen molar-refractivity contribution >= 4 is 22.0 Å². The van der Waals surface area contributed by atoms with Crippen LogP contribution in [-0.2, 0) is 9.84 Å². The molecule has 4 heteroatoms. The summed E-state index contributed by atoms with van der Waals surface area (Å²) >= 11 is 0. The zero-order valence-corrected chi connectivity index (χ0v) is 15.2. The highest BCUT2D eigenvalue weighted by Gasteiger charge is 2.22. The molecule has 1 N–H and O–H groups in total. The summed E-state index contributed by atoms with van der Waals surface area (Å²) in [6, 6.07) is 13.5. The second kappa shape index (κ2) is 7.26. The fraction of sp³-hybridized carbons (Fsp3) is 0.238. The molecule has 1 aliphatic rings. The summed E-state index contributed by atoms with van der Waals surface area (Å²) in [6.45, 7) is 2.26. The van der Waals surface area contributed by atoms with E-state index in [1.165, 1.54) is 0 Å². The lowest BCUT2D eigenvalue weighted by atomic mass is 9.88. The molecule has 1 atom stereocenters. The Morgan fingerprint density at radius 1 is 1.04 bits per heavy atom. The van der Waals surface area contributed by atoms with Crippen LogP contribution in [0.4, 0.5) is 0 Å². The molecule has 1 unspecified atom stereocenters. The van der Waals surface area contributed by atoms with Gasteiger partial charge in [-0.1, -0.05) is 61.2 Å². The molecule has 2 aromatic rings. The highest BCUT2D eigenvalue weighted by molar-refractivity contribution is 7.91. The van der Waals surface area contributed by atoms with Crippen molar-refractivity contribution in [3.63, 3.8) is 0 Å². The van der Waals surface area contributed by atoms with Gasteiger partial charge >= 0.3 is 0 Å². The Morgan fingerprint density at radius 2 is 1.76 bits per heavy atom. The van der Waals surface area contributed by atoms with E-state index in [-0.39, 0.29) is 11.7 Å². The van der Waals surface area contributed by atoms with Gasteiger partial charge in [-0.15, -0.1) is 0 Å². The van der Waals surface area contributed by atoms with Gasteiger partial charge in [-0.2, -0.15) is 0 Å². The minimum atomic E-state index is -3.25. The molecule has 3 rings (SSSR count). The van der Waals surface area contributed by atoms with Gasteiger partial charge in [0.2, 0.25) is 0 Å². The highest BCUT2D eigenvalue weighted by atomic mass is 32.2. The Kier molecular flexibility index (Phi) is 5.08. The third-order valence-electron chi connectivity index (χ3n) is 4.37. The molecular weight excluding hydrogens is 330 g/mol. The predicted octanol–water partition coefficient (Wildman–Crippen LogP) is 3.32. The zero-order valence-electron chi connectivity index (χ0n) is 14.4. The number of benzene rings is 2. The van der Waals surface area contributed by atoms with Crippen molar-refractivity contribution in [3.8, 4) is 11.8 Å². The van der Waals surface area contributed by atoms with Crippen LogP contribution in [0.3, 0.4) is 0 Å². The number of hydrogen-bond donors (Lipinski definition) is 1. The van der Waals surface area contributed by atoms with Crippen molar-refractivity contribution in [3.05, 3.63) is 64.7 Å². The first-order valence-electron chi connectivity index (χ1n) is 8.33. The molecule has 0 heterocycles. The number of nitrogens with one attached hydrogen (secondary N) is 1. The molecule has 0 spiro atoms. The monoisotopic (exact) mass is 351 g/mol. The van der Waals surface area contributed by atoms with Crippen molar-refractivity contribution in [2.45, 2.75) is 17.7 Å². The molecule has 0 saturated heterocycles. The van der Waals surface area contributed by atoms with Crippen LogP contribution in [0, 0.1) is 11.8 Å². The summed E-state index contributed by atoms with van der Waals surface area (Å²) < 4.78 is 24.6. The van der Waals surface area contributed by atoms with Crippen molar-refractivity contribution in [1.29, 1.82) is 0 Å². The Morgan fingerprint density at radius 3 is 2.48 bits per heavy atom. The first kappa shape index (κ1) is 17.5. The fourth-order valence-electron chi connectivity index (χ4n) is 2.98. The lowest BCUT2D eigenvalue weighted by Gasteiger charge is -2.16. The quantitative estimate of drug-likeness (QED) is 0.863. The summed E-state index contributed by atoms with van der Waals surface area (Å²) in [7, 11) is -1.40. The van der Waals surface area contributed by atoms with Gasteiger partial charge in [-0.25, -0.2) is 8.42 Å². The smallest absolute Gasteiger partial charge is 0.178 e. The third-order valence-corrected chi connectivity index (χ3v) is 6.10. The van der Waals surface area contributed by atoms with Crippen molar-refractivity contribution < 1.29 is 8.42 Å². The molecule has 0 aromatic heterocycles. The van der Waals surface area contributed by atoms with E-state index in [1.54, 1.807) is 19.1 Å². The van der Waals surface area contributed by atoms with Gasteiger partial charge in [0.05, 0.1) is 23.1 Å². The second-order valence-corrected chi connectivity index (χ2v) is 8.22. The maximum Gasteiger partial charge on any atom is 0.178 e. The van der Waals surface area contributed by atoms with Crippen LogP contribution in [0.2, 0.25) is 0 Å². The lowest BCUT2D eigenvalue weighted by molar-refractivity contribution is 0.597. The standard InChI is InChI=1S/C21H21NO2S/c1-3-25(23,24)18-13-12-17-11-10-16-7-4-5-8-19(16)20(21(17)15-18)9-6-14-22-2/h4-5,7-8,10-13,15,20,22H,3,14H2,1-2H3. The molecule has 0 aliphatic heterocycles. The van der Waals surface area contributed by atoms with Crippen LogP contribution in [0.1, 0.15) is 35.1 Å². The van der Waals surface area contributed by atoms with Crippen molar-refractivity contribution in [1.82, 2.24) is 5.32 Å². The average molecular weight is 351 g/mol. The van der Waals surface area contributed by atoms with Crippen LogP contribution in [0.15, 0.2) is 47.4 Å². The Labute approximate surface area is 149 Å². The minimum Gasteiger partial charge on any atom is -0.309 e. The fourth-order valence-corrected chi connectivity index (χ4v) is 3.90. The lowest BCUT2D eigenvalue weighted by Crippen LogP contribution is -2.08. The molecule has 0 saturated carbocycles. The first-order valence-corrected chi connectivity index (χ1v) is 9.98. The molecule has 1 aliphatic carbocycles. The molecule has 2 aromatic carbocycles. The Bertz CT molecular complexity index is 978. The van der Waals surface area contributed by atoms with E-state index in [9.17, 15) is 8.42 Å². The van der Waals surface area contributed by atoms with Crippen LogP contribution >= 0.6 is 0 Å². The average Bonchev–Trinajstić information content (AvgIpc) is 2.79. The number of hydrogen-bond acceptors (Lipinski definition) is 3. The van der Waals surface area contributed by atoms with Gasteiger partial charge in [0, 0.05) is 0 Å². The number of rotatable bonds is 3. The summed E-state index contributed by atoms with van der Waals surface area (Å²) in [4.78, 5) is 0.363. The normalized spacial score (nSPS) is 15.5. The van der Waals surface area contributed by atoms with Gasteiger partial charge in [-0.3, -0.25) is 0 Å². The largest absolute Gasteiger partial charge is 0.309 e. The van der Waals surface area contributed by atoms with Gasteiger partial charge < -0.3 is 5.32 Å². The topological polar surface area (TPSA) is 46.2 Å². The van der Waals surface area contributed by atoms with Gasteiger partial charge in [0.15, 0.2) is 9.84 Å². The van der Waals surface area contributed by atoms with Gasteiger partial charge in [0.25, 0.3) is 0 Å². The van der Waals surface area contributed by atoms with Crippen LogP contribution in [0.25, 0.3) is 12.2 Å². The molecule has 128 valence electrons. The molecule has 0 fully saturated rings. The maximum absolute atomic E-state index is 12.3. The van der Waals surface area contributed by atoms with Gasteiger partial charge in [-0.05, 0) is 41.4 Å². The van der Waals surface area contributed by atoms with Crippen LogP contribution < -0.4 is 5.32 Å². The molecule has 0 bridgehead atoms. The third kappa shape index (κ3) is 3.53. The van der Waals surface area contributed by atoms with E-state index < -0.39 is 9.84 Å². The zero-order chi connectivity index (χ0) is 17.9. The first-order chi connectivity index (χ1) is 12.1. The molecular formula is C21H21NO2S. The van der Waals surface area contributed by atoms with E-state index in [0.29, 0.717) is 11.4 Å². The predicted molar refractivity (Wildman–Crippen MR) is 103 cm³/mol. The highest BCUT2D eigenvalue weighted by Crippen LogP contribution is 2.35. The second-order valence-electron chi connectivity index (χ2n) is 5.94. The summed E-state index contributed by atoms with van der Waals surface area (Å²) in [5, 5.41) is 3.03. The number of fused-ring (bicyclic) bond motifs is 2. The minimum absolute atomic E-state index is 0.0916. The summed E-state index contributed by atoms with van der Waals surface area (Å²) in [5.74, 6) is 6.41. The Hall–Kier alpha value is -2.35. The Balaban J connectivity index is 2.22. The van der Waals surface area contributed by atoms with Crippen molar-refractivity contribution in [2.75, 3.05) is 19.3 Å². The summed E-state index contributed by atoms with van der Waals surface area (Å²) in [6.07, 6.45) is 4.11. The maximum atomic E-state index is 12.3. The molecule has 0 amide bonds. The van der Waals surface area contributed by atoms with E-state index in [1.807, 2.05) is 31.3 Å². The van der Waals surface area contributed by atoms with E-state index >= 15 is 0 Å². The van der Waals surface area contributed by atoms with Crippen molar-refractivity contribution in [2.24, 2.45) is 0 Å². The molecule has 3 nitrogen and oxygen atoms in total. The van der Waals surface area contributed by atoms with Crippen LogP contribution in [0.5, 0.6) is 0 Å².